The fourth-order valence-corrected chi connectivity index (χ4v) is 1.92. The molecule has 12 nitrogen and oxygen atoms in total. The van der Waals surface area contributed by atoms with Crippen LogP contribution < -0.4 is 22.1 Å². The zero-order chi connectivity index (χ0) is 19.1. The van der Waals surface area contributed by atoms with E-state index in [4.69, 9.17) is 21.0 Å². The molecule has 0 aromatic carbocycles. The van der Waals surface area contributed by atoms with Crippen molar-refractivity contribution in [2.45, 2.75) is 44.5 Å². The molecule has 1 rings (SSSR count). The molecule has 25 heavy (non-hydrogen) atoms. The Morgan fingerprint density at radius 1 is 1.24 bits per heavy atom. The van der Waals surface area contributed by atoms with Crippen molar-refractivity contribution in [1.82, 2.24) is 20.8 Å². The average molecular weight is 358 g/mol. The highest BCUT2D eigenvalue weighted by atomic mass is 16.4. The number of aromatic nitrogens is 2. The number of rotatable bonds is 9. The van der Waals surface area contributed by atoms with Crippen molar-refractivity contribution < 1.29 is 29.0 Å². The smallest absolute Gasteiger partial charge is 0.316 e. The summed E-state index contributed by atoms with van der Waals surface area (Å²) < 4.78 is 5.23. The van der Waals surface area contributed by atoms with Gasteiger partial charge < -0.3 is 36.7 Å². The Bertz CT molecular complexity index is 618. The topological polar surface area (TPSA) is 207 Å². The third kappa shape index (κ3) is 6.10. The first-order valence-corrected chi connectivity index (χ1v) is 7.39. The molecular weight excluding hydrogens is 336 g/mol. The number of nitrogens with two attached hydrogens (primary N) is 2. The number of aliphatic hydroxyl groups excluding tert-OH is 2. The molecule has 1 aromatic rings. The number of ketones is 1. The van der Waals surface area contributed by atoms with Gasteiger partial charge in [-0.1, -0.05) is 0 Å². The third-order valence-electron chi connectivity index (χ3n) is 3.19. The molecule has 0 saturated heterocycles. The molecule has 8 N–H and O–H groups in total. The summed E-state index contributed by atoms with van der Waals surface area (Å²) in [5.41, 5.74) is 10.7. The van der Waals surface area contributed by atoms with Crippen LogP contribution in [0.15, 0.2) is 4.42 Å². The van der Waals surface area contributed by atoms with Crippen molar-refractivity contribution in [2.75, 3.05) is 6.61 Å². The number of carbonyl (C=O) groups excluding carboxylic acids is 3. The van der Waals surface area contributed by atoms with Crippen LogP contribution in [0.4, 0.5) is 4.79 Å². The van der Waals surface area contributed by atoms with Crippen molar-refractivity contribution in [1.29, 1.82) is 0 Å². The molecule has 0 fully saturated rings. The third-order valence-corrected chi connectivity index (χ3v) is 3.19. The summed E-state index contributed by atoms with van der Waals surface area (Å²) in [6.45, 7) is 2.11. The second-order valence-electron chi connectivity index (χ2n) is 5.44. The highest BCUT2D eigenvalue weighted by Crippen LogP contribution is 2.17. The van der Waals surface area contributed by atoms with Crippen molar-refractivity contribution in [2.24, 2.45) is 11.5 Å². The van der Waals surface area contributed by atoms with E-state index in [1.807, 2.05) is 0 Å². The lowest BCUT2D eigenvalue weighted by Gasteiger charge is -2.21. The first kappa shape index (κ1) is 20.5. The zero-order valence-corrected chi connectivity index (χ0v) is 13.8. The molecule has 0 spiro atoms. The van der Waals surface area contributed by atoms with Crippen LogP contribution in [-0.2, 0) is 9.59 Å². The van der Waals surface area contributed by atoms with E-state index in [0.29, 0.717) is 0 Å². The number of hydrogen-bond acceptors (Lipinski definition) is 9. The summed E-state index contributed by atoms with van der Waals surface area (Å²) in [4.78, 5) is 34.6. The fraction of sp³-hybridized carbons (Fsp3) is 0.615. The number of aliphatic hydroxyl groups is 2. The Balaban J connectivity index is 2.89. The van der Waals surface area contributed by atoms with Gasteiger partial charge >= 0.3 is 6.03 Å². The van der Waals surface area contributed by atoms with E-state index < -0.39 is 48.6 Å². The number of amides is 3. The second-order valence-corrected chi connectivity index (χ2v) is 5.44. The minimum absolute atomic E-state index is 0.0835. The van der Waals surface area contributed by atoms with E-state index >= 15 is 0 Å². The molecule has 4 atom stereocenters. The van der Waals surface area contributed by atoms with Gasteiger partial charge in [0, 0.05) is 0 Å². The van der Waals surface area contributed by atoms with Gasteiger partial charge in [0.25, 0.3) is 0 Å². The Morgan fingerprint density at radius 3 is 2.32 bits per heavy atom. The van der Waals surface area contributed by atoms with Gasteiger partial charge in [-0.3, -0.25) is 9.59 Å². The highest BCUT2D eigenvalue weighted by Gasteiger charge is 2.27. The van der Waals surface area contributed by atoms with E-state index in [-0.39, 0.29) is 18.2 Å². The maximum Gasteiger partial charge on any atom is 0.316 e. The zero-order valence-electron chi connectivity index (χ0n) is 13.8. The molecule has 0 aliphatic rings. The van der Waals surface area contributed by atoms with E-state index in [1.165, 1.54) is 13.8 Å². The standard InChI is InChI=1S/C13H22N6O6/c1-5(21)10(6(2)22)17-13(24)16-8(3-9(15)23)12-19-18-11(25-12)7(14)4-20/h5,7-8,10,20-21H,3-4,14H2,1-2H3,(H2,15,23)(H2,16,17,24)/t5?,7-,8-,10-/m0/s1. The number of nitrogens with zero attached hydrogens (tertiary/aromatic N) is 2. The molecular formula is C13H22N6O6. The van der Waals surface area contributed by atoms with Crippen molar-refractivity contribution in [3.63, 3.8) is 0 Å². The minimum atomic E-state index is -1.13. The van der Waals surface area contributed by atoms with Crippen LogP contribution in [0.1, 0.15) is 44.1 Å². The van der Waals surface area contributed by atoms with Gasteiger partial charge in [-0.15, -0.1) is 10.2 Å². The van der Waals surface area contributed by atoms with E-state index in [0.717, 1.165) is 0 Å². The number of urea groups is 1. The number of Topliss-reactive ketones (excluding diaryl/α,β-unsaturated/α-hetero) is 1. The molecule has 0 aliphatic carbocycles. The molecule has 0 radical (unpaired) electrons. The van der Waals surface area contributed by atoms with Crippen LogP contribution in [-0.4, -0.2) is 56.9 Å². The first-order chi connectivity index (χ1) is 11.6. The molecule has 0 aliphatic heterocycles. The maximum atomic E-state index is 12.0. The predicted octanol–water partition coefficient (Wildman–Crippen LogP) is -2.38. The molecule has 1 aromatic heterocycles. The quantitative estimate of drug-likeness (QED) is 0.278. The van der Waals surface area contributed by atoms with Crippen LogP contribution in [0.5, 0.6) is 0 Å². The number of hydrogen-bond donors (Lipinski definition) is 6. The SMILES string of the molecule is CC(=O)[C@@H](NC(=O)N[C@@H](CC(N)=O)c1nnc([C@@H](N)CO)o1)C(C)O. The lowest BCUT2D eigenvalue weighted by Crippen LogP contribution is -2.51. The van der Waals surface area contributed by atoms with E-state index in [1.54, 1.807) is 0 Å². The van der Waals surface area contributed by atoms with Crippen LogP contribution in [0, 0.1) is 0 Å². The predicted molar refractivity (Wildman–Crippen MR) is 82.7 cm³/mol. The number of carbonyl (C=O) groups is 3. The van der Waals surface area contributed by atoms with Crippen molar-refractivity contribution in [3.8, 4) is 0 Å². The Morgan fingerprint density at radius 2 is 1.84 bits per heavy atom. The van der Waals surface area contributed by atoms with Crippen LogP contribution >= 0.6 is 0 Å². The van der Waals surface area contributed by atoms with Gasteiger partial charge in [-0.2, -0.15) is 0 Å². The second kappa shape index (κ2) is 9.05. The maximum absolute atomic E-state index is 12.0. The molecule has 0 bridgehead atoms. The van der Waals surface area contributed by atoms with E-state index in [2.05, 4.69) is 20.8 Å². The van der Waals surface area contributed by atoms with Gasteiger partial charge in [0.15, 0.2) is 5.78 Å². The summed E-state index contributed by atoms with van der Waals surface area (Å²) in [6, 6.07) is -3.97. The molecule has 1 heterocycles. The number of primary amides is 1. The van der Waals surface area contributed by atoms with E-state index in [9.17, 15) is 19.5 Å². The average Bonchev–Trinajstić information content (AvgIpc) is 3.00. The van der Waals surface area contributed by atoms with Gasteiger partial charge in [-0.05, 0) is 13.8 Å². The van der Waals surface area contributed by atoms with Crippen LogP contribution in [0.2, 0.25) is 0 Å². The minimum Gasteiger partial charge on any atom is -0.421 e. The number of nitrogens with one attached hydrogen (secondary N) is 2. The van der Waals surface area contributed by atoms with Crippen LogP contribution in [0.25, 0.3) is 0 Å². The summed E-state index contributed by atoms with van der Waals surface area (Å²) >= 11 is 0. The molecule has 140 valence electrons. The van der Waals surface area contributed by atoms with Gasteiger partial charge in [-0.25, -0.2) is 4.79 Å². The summed E-state index contributed by atoms with van der Waals surface area (Å²) in [7, 11) is 0. The van der Waals surface area contributed by atoms with Gasteiger partial charge in [0.05, 0.1) is 19.1 Å². The van der Waals surface area contributed by atoms with Crippen molar-refractivity contribution in [3.05, 3.63) is 11.8 Å². The first-order valence-electron chi connectivity index (χ1n) is 7.39. The fourth-order valence-electron chi connectivity index (χ4n) is 1.92. The molecule has 1 unspecified atom stereocenters. The largest absolute Gasteiger partial charge is 0.421 e. The molecule has 12 heteroatoms. The van der Waals surface area contributed by atoms with Crippen LogP contribution in [0.3, 0.4) is 0 Å². The monoisotopic (exact) mass is 358 g/mol. The summed E-state index contributed by atoms with van der Waals surface area (Å²) in [5.74, 6) is -1.44. The molecule has 0 saturated carbocycles. The van der Waals surface area contributed by atoms with Crippen molar-refractivity contribution >= 4 is 17.7 Å². The van der Waals surface area contributed by atoms with Gasteiger partial charge in [0.1, 0.15) is 18.1 Å². The highest BCUT2D eigenvalue weighted by molar-refractivity contribution is 5.87. The Hall–Kier alpha value is -2.57. The molecule has 3 amide bonds. The Kier molecular flexibility index (Phi) is 7.42. The Labute approximate surface area is 143 Å². The lowest BCUT2D eigenvalue weighted by atomic mass is 10.1. The van der Waals surface area contributed by atoms with Gasteiger partial charge in [0.2, 0.25) is 17.7 Å². The lowest BCUT2D eigenvalue weighted by molar-refractivity contribution is -0.121. The normalized spacial score (nSPS) is 15.7. The summed E-state index contributed by atoms with van der Waals surface area (Å²) in [6.07, 6.45) is -1.47. The summed E-state index contributed by atoms with van der Waals surface area (Å²) in [5, 5.41) is 30.4.